The fourth-order valence-electron chi connectivity index (χ4n) is 2.39. The van der Waals surface area contributed by atoms with Gasteiger partial charge in [0.2, 0.25) is 0 Å². The maximum Gasteiger partial charge on any atom is 0.417 e. The number of hydrogen-bond donors (Lipinski definition) is 0. The number of rotatable bonds is 7. The molecule has 0 spiro atoms. The Morgan fingerprint density at radius 1 is 1.05 bits per heavy atom. The van der Waals surface area contributed by atoms with Crippen molar-refractivity contribution in [3.63, 3.8) is 0 Å². The minimum Gasteiger partial charge on any atom is -0.166 e. The summed E-state index contributed by atoms with van der Waals surface area (Å²) in [5, 5.41) is -0.217. The van der Waals surface area contributed by atoms with Gasteiger partial charge >= 0.3 is 6.18 Å². The molecule has 0 heterocycles. The smallest absolute Gasteiger partial charge is 0.166 e. The Morgan fingerprint density at radius 2 is 1.60 bits per heavy atom. The van der Waals surface area contributed by atoms with Gasteiger partial charge in [0, 0.05) is 0 Å². The summed E-state index contributed by atoms with van der Waals surface area (Å²) in [6.07, 6.45) is 1.69. The molecule has 0 nitrogen and oxygen atoms in total. The van der Waals surface area contributed by atoms with E-state index in [1.54, 1.807) is 6.07 Å². The third kappa shape index (κ3) is 5.01. The lowest BCUT2D eigenvalue weighted by Crippen LogP contribution is -2.08. The Hall–Kier alpha value is -0.700. The van der Waals surface area contributed by atoms with Crippen LogP contribution >= 0.6 is 11.6 Å². The topological polar surface area (TPSA) is 0 Å². The standard InChI is InChI=1S/C16H22ClF3/c1-3-5-7-12(8-6-4-2)13-9-10-15(17)14(11-13)16(18,19)20/h9-12H,3-8H2,1-2H3. The molecule has 0 unspecified atom stereocenters. The van der Waals surface area contributed by atoms with E-state index in [0.717, 1.165) is 44.1 Å². The number of unbranched alkanes of at least 4 members (excludes halogenated alkanes) is 2. The number of hydrogen-bond acceptors (Lipinski definition) is 0. The molecule has 1 aromatic rings. The zero-order valence-electron chi connectivity index (χ0n) is 12.1. The molecule has 0 saturated heterocycles. The summed E-state index contributed by atoms with van der Waals surface area (Å²) >= 11 is 5.67. The van der Waals surface area contributed by atoms with Crippen LogP contribution in [0.25, 0.3) is 0 Å². The van der Waals surface area contributed by atoms with Crippen LogP contribution in [-0.2, 0) is 6.18 Å². The van der Waals surface area contributed by atoms with Crippen LogP contribution in [0.5, 0.6) is 0 Å². The molecule has 0 aliphatic heterocycles. The van der Waals surface area contributed by atoms with Gasteiger partial charge < -0.3 is 0 Å². The highest BCUT2D eigenvalue weighted by Crippen LogP contribution is 2.38. The minimum atomic E-state index is -4.38. The molecule has 114 valence electrons. The predicted molar refractivity (Wildman–Crippen MR) is 78.2 cm³/mol. The average Bonchev–Trinajstić information content (AvgIpc) is 2.38. The third-order valence-electron chi connectivity index (χ3n) is 3.58. The number of alkyl halides is 3. The van der Waals surface area contributed by atoms with Crippen molar-refractivity contribution in [3.05, 3.63) is 34.3 Å². The molecule has 1 rings (SSSR count). The Labute approximate surface area is 124 Å². The van der Waals surface area contributed by atoms with Gasteiger partial charge in [-0.25, -0.2) is 0 Å². The van der Waals surface area contributed by atoms with Gasteiger partial charge in [0.15, 0.2) is 0 Å². The molecule has 4 heteroatoms. The SMILES string of the molecule is CCCCC(CCCC)c1ccc(Cl)c(C(F)(F)F)c1. The van der Waals surface area contributed by atoms with Crippen molar-refractivity contribution in [3.8, 4) is 0 Å². The normalized spacial score (nSPS) is 12.2. The van der Waals surface area contributed by atoms with Gasteiger partial charge in [-0.2, -0.15) is 13.2 Å². The zero-order valence-corrected chi connectivity index (χ0v) is 12.8. The first-order valence-electron chi connectivity index (χ1n) is 7.26. The first-order valence-corrected chi connectivity index (χ1v) is 7.64. The van der Waals surface area contributed by atoms with E-state index in [9.17, 15) is 13.2 Å². The zero-order chi connectivity index (χ0) is 15.2. The molecule has 0 atom stereocenters. The van der Waals surface area contributed by atoms with E-state index in [2.05, 4.69) is 13.8 Å². The molecule has 0 amide bonds. The quantitative estimate of drug-likeness (QED) is 0.518. The molecule has 0 bridgehead atoms. The van der Waals surface area contributed by atoms with E-state index in [1.807, 2.05) is 0 Å². The van der Waals surface area contributed by atoms with Crippen LogP contribution in [0.1, 0.15) is 69.4 Å². The van der Waals surface area contributed by atoms with Gasteiger partial charge in [0.05, 0.1) is 10.6 Å². The molecule has 0 aromatic heterocycles. The summed E-state index contributed by atoms with van der Waals surface area (Å²) in [6, 6.07) is 4.36. The monoisotopic (exact) mass is 306 g/mol. The first kappa shape index (κ1) is 17.4. The Kier molecular flexibility index (Phi) is 6.87. The first-order chi connectivity index (χ1) is 9.40. The molecular formula is C16H22ClF3. The molecule has 0 radical (unpaired) electrons. The van der Waals surface area contributed by atoms with Gasteiger partial charge in [-0.3, -0.25) is 0 Å². The maximum atomic E-state index is 12.9. The second-order valence-electron chi connectivity index (χ2n) is 5.22. The summed E-state index contributed by atoms with van der Waals surface area (Å²) in [6.45, 7) is 4.19. The van der Waals surface area contributed by atoms with Crippen LogP contribution in [-0.4, -0.2) is 0 Å². The lowest BCUT2D eigenvalue weighted by Gasteiger charge is -2.19. The molecular weight excluding hydrogens is 285 g/mol. The van der Waals surface area contributed by atoms with Crippen LogP contribution < -0.4 is 0 Å². The van der Waals surface area contributed by atoms with Crippen molar-refractivity contribution in [2.24, 2.45) is 0 Å². The summed E-state index contributed by atoms with van der Waals surface area (Å²) in [5.41, 5.74) is 0.0540. The largest absolute Gasteiger partial charge is 0.417 e. The highest BCUT2D eigenvalue weighted by Gasteiger charge is 2.33. The van der Waals surface area contributed by atoms with Crippen molar-refractivity contribution in [1.29, 1.82) is 0 Å². The summed E-state index contributed by atoms with van der Waals surface area (Å²) in [7, 11) is 0. The fraction of sp³-hybridized carbons (Fsp3) is 0.625. The average molecular weight is 307 g/mol. The fourth-order valence-corrected chi connectivity index (χ4v) is 2.62. The predicted octanol–water partition coefficient (Wildman–Crippen LogP) is 6.82. The van der Waals surface area contributed by atoms with Crippen molar-refractivity contribution >= 4 is 11.6 Å². The van der Waals surface area contributed by atoms with E-state index < -0.39 is 11.7 Å². The summed E-state index contributed by atoms with van der Waals surface area (Å²) in [5.74, 6) is 0.202. The second-order valence-corrected chi connectivity index (χ2v) is 5.63. The minimum absolute atomic E-state index is 0.202. The molecule has 0 N–H and O–H groups in total. The van der Waals surface area contributed by atoms with Gasteiger partial charge in [-0.15, -0.1) is 0 Å². The van der Waals surface area contributed by atoms with Crippen LogP contribution in [0.3, 0.4) is 0 Å². The second kappa shape index (κ2) is 7.92. The Morgan fingerprint density at radius 3 is 2.05 bits per heavy atom. The third-order valence-corrected chi connectivity index (χ3v) is 3.91. The van der Waals surface area contributed by atoms with Crippen LogP contribution in [0, 0.1) is 0 Å². The molecule has 0 fully saturated rings. The molecule has 1 aromatic carbocycles. The van der Waals surface area contributed by atoms with Crippen LogP contribution in [0.15, 0.2) is 18.2 Å². The summed E-state index contributed by atoms with van der Waals surface area (Å²) in [4.78, 5) is 0. The van der Waals surface area contributed by atoms with Gasteiger partial charge in [0.25, 0.3) is 0 Å². The van der Waals surface area contributed by atoms with E-state index in [-0.39, 0.29) is 10.9 Å². The molecule has 20 heavy (non-hydrogen) atoms. The van der Waals surface area contributed by atoms with Crippen molar-refractivity contribution in [2.75, 3.05) is 0 Å². The van der Waals surface area contributed by atoms with Crippen LogP contribution in [0.4, 0.5) is 13.2 Å². The lowest BCUT2D eigenvalue weighted by atomic mass is 9.88. The van der Waals surface area contributed by atoms with Crippen LogP contribution in [0.2, 0.25) is 5.02 Å². The van der Waals surface area contributed by atoms with Gasteiger partial charge in [-0.1, -0.05) is 57.2 Å². The van der Waals surface area contributed by atoms with E-state index in [4.69, 9.17) is 11.6 Å². The number of benzene rings is 1. The summed E-state index contributed by atoms with van der Waals surface area (Å²) < 4.78 is 38.7. The van der Waals surface area contributed by atoms with Gasteiger partial charge in [-0.05, 0) is 36.5 Å². The van der Waals surface area contributed by atoms with Crippen molar-refractivity contribution in [2.45, 2.75) is 64.5 Å². The molecule has 0 aliphatic rings. The lowest BCUT2D eigenvalue weighted by molar-refractivity contribution is -0.137. The molecule has 0 saturated carbocycles. The van der Waals surface area contributed by atoms with Gasteiger partial charge in [0.1, 0.15) is 0 Å². The van der Waals surface area contributed by atoms with Crippen molar-refractivity contribution < 1.29 is 13.2 Å². The van der Waals surface area contributed by atoms with E-state index >= 15 is 0 Å². The van der Waals surface area contributed by atoms with Crippen molar-refractivity contribution in [1.82, 2.24) is 0 Å². The Balaban J connectivity index is 3.00. The van der Waals surface area contributed by atoms with E-state index in [0.29, 0.717) is 0 Å². The highest BCUT2D eigenvalue weighted by molar-refractivity contribution is 6.31. The molecule has 0 aliphatic carbocycles. The Bertz CT molecular complexity index is 405. The number of halogens is 4. The highest BCUT2D eigenvalue weighted by atomic mass is 35.5. The maximum absolute atomic E-state index is 12.9. The van der Waals surface area contributed by atoms with E-state index in [1.165, 1.54) is 12.1 Å².